The molecule has 0 unspecified atom stereocenters. The molecule has 0 bridgehead atoms. The van der Waals surface area contributed by atoms with Gasteiger partial charge in [0.25, 0.3) is 6.43 Å². The van der Waals surface area contributed by atoms with Crippen LogP contribution in [0.15, 0.2) is 6.07 Å². The molecule has 1 rings (SSSR count). The lowest BCUT2D eigenvalue weighted by Crippen LogP contribution is -2.20. The van der Waals surface area contributed by atoms with Gasteiger partial charge in [0, 0.05) is 3.57 Å². The Morgan fingerprint density at radius 2 is 2.00 bits per heavy atom. The van der Waals surface area contributed by atoms with E-state index < -0.39 is 24.2 Å². The van der Waals surface area contributed by atoms with Gasteiger partial charge in [0.05, 0.1) is 17.1 Å². The zero-order chi connectivity index (χ0) is 13.2. The summed E-state index contributed by atoms with van der Waals surface area (Å²) in [7, 11) is 0. The Bertz CT molecular complexity index is 412. The first-order chi connectivity index (χ1) is 7.74. The molecule has 0 aromatic carbocycles. The molecule has 1 aromatic rings. The highest BCUT2D eigenvalue weighted by Gasteiger charge is 2.35. The highest BCUT2D eigenvalue weighted by atomic mass is 127. The fourth-order valence-corrected chi connectivity index (χ4v) is 1.97. The number of hydrogen-bond acceptors (Lipinski definition) is 2. The van der Waals surface area contributed by atoms with E-state index in [9.17, 15) is 22.0 Å². The SMILES string of the molecule is FC(F)c1c(I)cc(CCl)nc1OC(F)(F)F. The van der Waals surface area contributed by atoms with Gasteiger partial charge in [-0.1, -0.05) is 0 Å². The fourth-order valence-electron chi connectivity index (χ4n) is 1.00. The van der Waals surface area contributed by atoms with E-state index in [2.05, 4.69) is 9.72 Å². The molecule has 2 nitrogen and oxygen atoms in total. The Balaban J connectivity index is 3.27. The third kappa shape index (κ3) is 4.09. The largest absolute Gasteiger partial charge is 0.574 e. The number of pyridine rings is 1. The monoisotopic (exact) mass is 387 g/mol. The number of halogens is 7. The average Bonchev–Trinajstić information content (AvgIpc) is 2.13. The molecule has 0 aliphatic heterocycles. The molecule has 0 aliphatic rings. The molecular weight excluding hydrogens is 383 g/mol. The van der Waals surface area contributed by atoms with Gasteiger partial charge in [-0.15, -0.1) is 24.8 Å². The van der Waals surface area contributed by atoms with Crippen LogP contribution < -0.4 is 4.74 Å². The molecule has 0 N–H and O–H groups in total. The Hall–Kier alpha value is -0.380. The molecule has 0 fully saturated rings. The van der Waals surface area contributed by atoms with Crippen molar-refractivity contribution in [3.05, 3.63) is 20.9 Å². The number of rotatable bonds is 3. The van der Waals surface area contributed by atoms with Crippen molar-refractivity contribution in [3.63, 3.8) is 0 Å². The van der Waals surface area contributed by atoms with E-state index in [1.54, 1.807) is 0 Å². The predicted octanol–water partition coefficient (Wildman–Crippen LogP) is 4.26. The summed E-state index contributed by atoms with van der Waals surface area (Å²) < 4.78 is 64.6. The second kappa shape index (κ2) is 5.51. The van der Waals surface area contributed by atoms with Gasteiger partial charge in [-0.2, -0.15) is 0 Å². The zero-order valence-electron chi connectivity index (χ0n) is 7.86. The first-order valence-corrected chi connectivity index (χ1v) is 5.65. The van der Waals surface area contributed by atoms with Crippen LogP contribution in [-0.2, 0) is 5.88 Å². The van der Waals surface area contributed by atoms with E-state index in [4.69, 9.17) is 11.6 Å². The first-order valence-electron chi connectivity index (χ1n) is 4.03. The maximum atomic E-state index is 12.6. The molecule has 0 radical (unpaired) electrons. The van der Waals surface area contributed by atoms with E-state index in [0.29, 0.717) is 0 Å². The topological polar surface area (TPSA) is 22.1 Å². The van der Waals surface area contributed by atoms with Gasteiger partial charge in [0.2, 0.25) is 5.88 Å². The second-order valence-electron chi connectivity index (χ2n) is 2.80. The minimum Gasteiger partial charge on any atom is -0.387 e. The van der Waals surface area contributed by atoms with Gasteiger partial charge in [-0.05, 0) is 28.7 Å². The lowest BCUT2D eigenvalue weighted by atomic mass is 10.2. The van der Waals surface area contributed by atoms with Crippen molar-refractivity contribution in [1.29, 1.82) is 0 Å². The van der Waals surface area contributed by atoms with Crippen molar-refractivity contribution in [2.24, 2.45) is 0 Å². The Morgan fingerprint density at radius 1 is 1.41 bits per heavy atom. The molecule has 0 atom stereocenters. The Morgan fingerprint density at radius 3 is 2.41 bits per heavy atom. The smallest absolute Gasteiger partial charge is 0.387 e. The number of alkyl halides is 6. The molecule has 9 heteroatoms. The normalized spacial score (nSPS) is 12.0. The summed E-state index contributed by atoms with van der Waals surface area (Å²) in [6.45, 7) is 0. The van der Waals surface area contributed by atoms with Gasteiger partial charge < -0.3 is 4.74 Å². The van der Waals surface area contributed by atoms with Crippen LogP contribution in [0.1, 0.15) is 17.7 Å². The van der Waals surface area contributed by atoms with E-state index >= 15 is 0 Å². The fraction of sp³-hybridized carbons (Fsp3) is 0.375. The quantitative estimate of drug-likeness (QED) is 0.439. The van der Waals surface area contributed by atoms with Gasteiger partial charge in [0.15, 0.2) is 0 Å². The standard InChI is InChI=1S/C8H4ClF5INO/c9-2-3-1-4(15)5(6(10)11)7(16-3)17-8(12,13)14/h1,6H,2H2. The van der Waals surface area contributed by atoms with Crippen molar-refractivity contribution < 1.29 is 26.7 Å². The maximum absolute atomic E-state index is 12.6. The third-order valence-corrected chi connectivity index (χ3v) is 2.76. The molecule has 17 heavy (non-hydrogen) atoms. The van der Waals surface area contributed by atoms with Crippen LogP contribution in [0.3, 0.4) is 0 Å². The van der Waals surface area contributed by atoms with Crippen molar-refractivity contribution in [3.8, 4) is 5.88 Å². The Labute approximate surface area is 111 Å². The molecule has 1 aromatic heterocycles. The summed E-state index contributed by atoms with van der Waals surface area (Å²) in [6.07, 6.45) is -8.19. The zero-order valence-corrected chi connectivity index (χ0v) is 10.8. The molecule has 0 spiro atoms. The van der Waals surface area contributed by atoms with Crippen molar-refractivity contribution in [1.82, 2.24) is 4.98 Å². The van der Waals surface area contributed by atoms with E-state index in [1.165, 1.54) is 28.7 Å². The van der Waals surface area contributed by atoms with Crippen LogP contribution in [0.2, 0.25) is 0 Å². The van der Waals surface area contributed by atoms with Gasteiger partial charge in [-0.25, -0.2) is 13.8 Å². The molecule has 0 saturated carbocycles. The second-order valence-corrected chi connectivity index (χ2v) is 4.23. The van der Waals surface area contributed by atoms with Gasteiger partial charge in [-0.3, -0.25) is 0 Å². The van der Waals surface area contributed by atoms with E-state index in [0.717, 1.165) is 0 Å². The molecule has 96 valence electrons. The summed E-state index contributed by atoms with van der Waals surface area (Å²) in [5.74, 6) is -1.36. The van der Waals surface area contributed by atoms with Crippen LogP contribution in [0.25, 0.3) is 0 Å². The van der Waals surface area contributed by atoms with E-state index in [1.807, 2.05) is 0 Å². The molecule has 0 aliphatic carbocycles. The average molecular weight is 387 g/mol. The molecule has 0 amide bonds. The van der Waals surface area contributed by atoms with Crippen LogP contribution in [0, 0.1) is 3.57 Å². The lowest BCUT2D eigenvalue weighted by Gasteiger charge is -2.14. The first kappa shape index (κ1) is 14.7. The van der Waals surface area contributed by atoms with Crippen LogP contribution in [-0.4, -0.2) is 11.3 Å². The minimum atomic E-state index is -5.08. The summed E-state index contributed by atoms with van der Waals surface area (Å²) in [6, 6.07) is 1.18. The highest BCUT2D eigenvalue weighted by molar-refractivity contribution is 14.1. The highest BCUT2D eigenvalue weighted by Crippen LogP contribution is 2.35. The van der Waals surface area contributed by atoms with Crippen LogP contribution >= 0.6 is 34.2 Å². The number of hydrogen-bond donors (Lipinski definition) is 0. The van der Waals surface area contributed by atoms with Crippen molar-refractivity contribution in [2.45, 2.75) is 18.7 Å². The minimum absolute atomic E-state index is 0.0275. The number of nitrogens with zero attached hydrogens (tertiary/aromatic N) is 1. The summed E-state index contributed by atoms with van der Waals surface area (Å²) in [4.78, 5) is 3.30. The Kier molecular flexibility index (Phi) is 4.76. The molecule has 0 saturated heterocycles. The molecule has 1 heterocycles. The van der Waals surface area contributed by atoms with Gasteiger partial charge >= 0.3 is 6.36 Å². The number of ether oxygens (including phenoxy) is 1. The van der Waals surface area contributed by atoms with Gasteiger partial charge in [0.1, 0.15) is 0 Å². The summed E-state index contributed by atoms with van der Waals surface area (Å²) in [5, 5.41) is 0. The summed E-state index contributed by atoms with van der Waals surface area (Å²) in [5.41, 5.74) is -0.864. The summed E-state index contributed by atoms with van der Waals surface area (Å²) >= 11 is 6.86. The van der Waals surface area contributed by atoms with E-state index in [-0.39, 0.29) is 15.1 Å². The maximum Gasteiger partial charge on any atom is 0.574 e. The molecular formula is C8H4ClF5INO. The number of aromatic nitrogens is 1. The third-order valence-electron chi connectivity index (χ3n) is 1.59. The van der Waals surface area contributed by atoms with Crippen molar-refractivity contribution >= 4 is 34.2 Å². The van der Waals surface area contributed by atoms with Crippen LogP contribution in [0.5, 0.6) is 5.88 Å². The van der Waals surface area contributed by atoms with Crippen molar-refractivity contribution in [2.75, 3.05) is 0 Å². The van der Waals surface area contributed by atoms with Crippen LogP contribution in [0.4, 0.5) is 22.0 Å². The lowest BCUT2D eigenvalue weighted by molar-refractivity contribution is -0.276. The predicted molar refractivity (Wildman–Crippen MR) is 58.2 cm³/mol.